The SMILES string of the molecule is COc1c(C)ccc2c1CC(C)(C)NC2c1cnc2c(F)cccc2c1. The minimum atomic E-state index is -0.288. The van der Waals surface area contributed by atoms with Crippen molar-refractivity contribution in [1.82, 2.24) is 10.3 Å². The molecule has 0 aliphatic carbocycles. The molecule has 1 unspecified atom stereocenters. The van der Waals surface area contributed by atoms with E-state index < -0.39 is 0 Å². The van der Waals surface area contributed by atoms with Gasteiger partial charge in [-0.3, -0.25) is 4.98 Å². The highest BCUT2D eigenvalue weighted by Gasteiger charge is 2.34. The highest BCUT2D eigenvalue weighted by atomic mass is 19.1. The van der Waals surface area contributed by atoms with E-state index in [0.29, 0.717) is 5.52 Å². The normalized spacial score (nSPS) is 18.6. The number of nitrogens with zero attached hydrogens (tertiary/aromatic N) is 1. The van der Waals surface area contributed by atoms with Crippen LogP contribution in [0.4, 0.5) is 4.39 Å². The second kappa shape index (κ2) is 6.06. The molecule has 0 radical (unpaired) electrons. The van der Waals surface area contributed by atoms with Crippen LogP contribution in [0.15, 0.2) is 42.6 Å². The second-order valence-electron chi connectivity index (χ2n) is 7.70. The summed E-state index contributed by atoms with van der Waals surface area (Å²) in [5, 5.41) is 4.54. The maximum Gasteiger partial charge on any atom is 0.149 e. The summed E-state index contributed by atoms with van der Waals surface area (Å²) < 4.78 is 19.7. The van der Waals surface area contributed by atoms with Gasteiger partial charge in [0.05, 0.1) is 13.2 Å². The third-order valence-electron chi connectivity index (χ3n) is 5.18. The first-order valence-corrected chi connectivity index (χ1v) is 8.88. The smallest absolute Gasteiger partial charge is 0.149 e. The first-order valence-electron chi connectivity index (χ1n) is 8.88. The number of hydrogen-bond acceptors (Lipinski definition) is 3. The minimum absolute atomic E-state index is 0.0107. The van der Waals surface area contributed by atoms with Crippen LogP contribution < -0.4 is 10.1 Å². The molecule has 4 rings (SSSR count). The number of nitrogens with one attached hydrogen (secondary N) is 1. The van der Waals surface area contributed by atoms with E-state index in [-0.39, 0.29) is 17.4 Å². The molecule has 26 heavy (non-hydrogen) atoms. The van der Waals surface area contributed by atoms with E-state index >= 15 is 0 Å². The monoisotopic (exact) mass is 350 g/mol. The van der Waals surface area contributed by atoms with Crippen molar-refractivity contribution in [1.29, 1.82) is 0 Å². The van der Waals surface area contributed by atoms with Gasteiger partial charge in [0.1, 0.15) is 17.1 Å². The molecule has 1 N–H and O–H groups in total. The Hall–Kier alpha value is -2.46. The van der Waals surface area contributed by atoms with Gasteiger partial charge in [-0.05, 0) is 56.0 Å². The van der Waals surface area contributed by atoms with E-state index in [0.717, 1.165) is 28.7 Å². The van der Waals surface area contributed by atoms with Crippen molar-refractivity contribution in [2.24, 2.45) is 0 Å². The molecule has 0 spiro atoms. The third kappa shape index (κ3) is 2.74. The molecule has 1 atom stereocenters. The Morgan fingerprint density at radius 2 is 2.04 bits per heavy atom. The molecule has 4 heteroatoms. The molecule has 0 saturated heterocycles. The van der Waals surface area contributed by atoms with E-state index in [4.69, 9.17) is 4.74 Å². The Bertz CT molecular complexity index is 997. The van der Waals surface area contributed by atoms with Crippen molar-refractivity contribution < 1.29 is 9.13 Å². The Kier molecular flexibility index (Phi) is 3.96. The predicted octanol–water partition coefficient (Wildman–Crippen LogP) is 4.70. The lowest BCUT2D eigenvalue weighted by molar-refractivity contribution is 0.320. The van der Waals surface area contributed by atoms with Gasteiger partial charge >= 0.3 is 0 Å². The number of aryl methyl sites for hydroxylation is 1. The van der Waals surface area contributed by atoms with Gasteiger partial charge in [-0.1, -0.05) is 24.3 Å². The highest BCUT2D eigenvalue weighted by Crippen LogP contribution is 2.40. The number of rotatable bonds is 2. The van der Waals surface area contributed by atoms with Gasteiger partial charge in [0.2, 0.25) is 0 Å². The maximum atomic E-state index is 14.0. The number of pyridine rings is 1. The van der Waals surface area contributed by atoms with Crippen molar-refractivity contribution in [3.8, 4) is 5.75 Å². The molecule has 0 bridgehead atoms. The molecule has 0 fully saturated rings. The van der Waals surface area contributed by atoms with E-state index in [1.54, 1.807) is 19.4 Å². The first-order chi connectivity index (χ1) is 12.4. The fourth-order valence-corrected chi connectivity index (χ4v) is 4.02. The van der Waals surface area contributed by atoms with Gasteiger partial charge in [0, 0.05) is 22.7 Å². The fraction of sp³-hybridized carbons (Fsp3) is 0.318. The molecule has 1 aromatic heterocycles. The topological polar surface area (TPSA) is 34.1 Å². The van der Waals surface area contributed by atoms with Crippen LogP contribution in [0.1, 0.15) is 42.1 Å². The molecule has 134 valence electrons. The van der Waals surface area contributed by atoms with Crippen molar-refractivity contribution in [2.75, 3.05) is 7.11 Å². The molecule has 1 aliphatic heterocycles. The lowest BCUT2D eigenvalue weighted by Gasteiger charge is -2.40. The van der Waals surface area contributed by atoms with Crippen LogP contribution >= 0.6 is 0 Å². The van der Waals surface area contributed by atoms with Crippen molar-refractivity contribution in [2.45, 2.75) is 38.8 Å². The number of methoxy groups -OCH3 is 1. The third-order valence-corrected chi connectivity index (χ3v) is 5.18. The quantitative estimate of drug-likeness (QED) is 0.727. The molecule has 3 nitrogen and oxygen atoms in total. The Morgan fingerprint density at radius 3 is 2.81 bits per heavy atom. The van der Waals surface area contributed by atoms with E-state index in [1.807, 2.05) is 12.1 Å². The molecule has 2 aromatic carbocycles. The summed E-state index contributed by atoms with van der Waals surface area (Å²) in [4.78, 5) is 4.39. The van der Waals surface area contributed by atoms with Crippen LogP contribution in [0, 0.1) is 12.7 Å². The van der Waals surface area contributed by atoms with Crippen molar-refractivity contribution >= 4 is 10.9 Å². The van der Waals surface area contributed by atoms with Crippen LogP contribution in [0.3, 0.4) is 0 Å². The average Bonchev–Trinajstić information content (AvgIpc) is 2.60. The summed E-state index contributed by atoms with van der Waals surface area (Å²) in [6.45, 7) is 6.46. The Balaban J connectivity index is 1.90. The van der Waals surface area contributed by atoms with E-state index in [2.05, 4.69) is 43.2 Å². The van der Waals surface area contributed by atoms with Gasteiger partial charge in [-0.25, -0.2) is 4.39 Å². The number of halogens is 1. The Labute approximate surface area is 153 Å². The summed E-state index contributed by atoms with van der Waals surface area (Å²) in [5.74, 6) is 0.672. The largest absolute Gasteiger partial charge is 0.496 e. The van der Waals surface area contributed by atoms with Crippen LogP contribution in [0.25, 0.3) is 10.9 Å². The zero-order valence-corrected chi connectivity index (χ0v) is 15.6. The molecule has 0 saturated carbocycles. The average molecular weight is 350 g/mol. The lowest BCUT2D eigenvalue weighted by Crippen LogP contribution is -2.48. The molecular weight excluding hydrogens is 327 g/mol. The zero-order valence-electron chi connectivity index (χ0n) is 15.6. The summed E-state index contributed by atoms with van der Waals surface area (Å²) in [7, 11) is 1.73. The second-order valence-corrected chi connectivity index (χ2v) is 7.70. The van der Waals surface area contributed by atoms with Crippen molar-refractivity contribution in [3.05, 3.63) is 70.7 Å². The summed E-state index contributed by atoms with van der Waals surface area (Å²) >= 11 is 0. The molecular formula is C22H23FN2O. The number of para-hydroxylation sites is 1. The maximum absolute atomic E-state index is 14.0. The molecule has 1 aliphatic rings. The van der Waals surface area contributed by atoms with E-state index in [1.165, 1.54) is 17.2 Å². The molecule has 3 aromatic rings. The summed E-state index contributed by atoms with van der Waals surface area (Å²) in [6.07, 6.45) is 2.67. The van der Waals surface area contributed by atoms with Gasteiger partial charge in [-0.2, -0.15) is 0 Å². The van der Waals surface area contributed by atoms with Crippen molar-refractivity contribution in [3.63, 3.8) is 0 Å². The lowest BCUT2D eigenvalue weighted by atomic mass is 9.80. The number of ether oxygens (including phenoxy) is 1. The van der Waals surface area contributed by atoms with Crippen LogP contribution in [0.2, 0.25) is 0 Å². The highest BCUT2D eigenvalue weighted by molar-refractivity contribution is 5.79. The zero-order chi connectivity index (χ0) is 18.5. The first kappa shape index (κ1) is 17.0. The van der Waals surface area contributed by atoms with Crippen LogP contribution in [-0.4, -0.2) is 17.6 Å². The number of fused-ring (bicyclic) bond motifs is 2. The summed E-state index contributed by atoms with van der Waals surface area (Å²) in [5.41, 5.74) is 4.93. The van der Waals surface area contributed by atoms with Crippen LogP contribution in [0.5, 0.6) is 5.75 Å². The van der Waals surface area contributed by atoms with Gasteiger partial charge < -0.3 is 10.1 Å². The number of hydrogen-bond donors (Lipinski definition) is 1. The summed E-state index contributed by atoms with van der Waals surface area (Å²) in [6, 6.07) is 11.3. The van der Waals surface area contributed by atoms with Gasteiger partial charge in [0.25, 0.3) is 0 Å². The van der Waals surface area contributed by atoms with Gasteiger partial charge in [-0.15, -0.1) is 0 Å². The number of benzene rings is 2. The minimum Gasteiger partial charge on any atom is -0.496 e. The number of aromatic nitrogens is 1. The van der Waals surface area contributed by atoms with Crippen LogP contribution in [-0.2, 0) is 6.42 Å². The Morgan fingerprint density at radius 1 is 1.23 bits per heavy atom. The standard InChI is InChI=1S/C22H23FN2O/c1-13-8-9-16-17(21(13)26-4)11-22(2,3)25-19(16)15-10-14-6-5-7-18(23)20(14)24-12-15/h5-10,12,19,25H,11H2,1-4H3. The molecule has 0 amide bonds. The predicted molar refractivity (Wildman–Crippen MR) is 102 cm³/mol. The van der Waals surface area contributed by atoms with Gasteiger partial charge in [0.15, 0.2) is 0 Å². The fourth-order valence-electron chi connectivity index (χ4n) is 4.02. The molecule has 2 heterocycles. The van der Waals surface area contributed by atoms with E-state index in [9.17, 15) is 4.39 Å².